The van der Waals surface area contributed by atoms with Crippen molar-refractivity contribution < 1.29 is 13.2 Å². The van der Waals surface area contributed by atoms with Gasteiger partial charge in [-0.05, 0) is 0 Å². The number of hydrogen-bond donors (Lipinski definition) is 1. The topological polar surface area (TPSA) is 58.6 Å². The van der Waals surface area contributed by atoms with Gasteiger partial charge in [0.1, 0.15) is 0 Å². The fourth-order valence-corrected chi connectivity index (χ4v) is 2.09. The van der Waals surface area contributed by atoms with E-state index < -0.39 is 10.0 Å². The molecule has 1 heterocycles. The zero-order valence-electron chi connectivity index (χ0n) is 7.99. The van der Waals surface area contributed by atoms with Crippen LogP contribution in [0.2, 0.25) is 0 Å². The monoisotopic (exact) mass is 208 g/mol. The van der Waals surface area contributed by atoms with Crippen LogP contribution in [0.25, 0.3) is 0 Å². The Morgan fingerprint density at radius 3 is 2.69 bits per heavy atom. The van der Waals surface area contributed by atoms with Gasteiger partial charge < -0.3 is 10.1 Å². The molecule has 0 radical (unpaired) electrons. The van der Waals surface area contributed by atoms with Crippen LogP contribution in [-0.4, -0.2) is 58.4 Å². The number of hydrogen-bond acceptors (Lipinski definition) is 4. The third kappa shape index (κ3) is 3.22. The van der Waals surface area contributed by atoms with Crippen molar-refractivity contribution in [1.82, 2.24) is 9.62 Å². The van der Waals surface area contributed by atoms with E-state index in [1.807, 2.05) is 0 Å². The average molecular weight is 208 g/mol. The Balaban J connectivity index is 2.47. The van der Waals surface area contributed by atoms with Gasteiger partial charge in [-0.1, -0.05) is 0 Å². The van der Waals surface area contributed by atoms with Gasteiger partial charge in [0.15, 0.2) is 0 Å². The zero-order chi connectivity index (χ0) is 9.90. The highest BCUT2D eigenvalue weighted by atomic mass is 32.2. The fraction of sp³-hybridized carbons (Fsp3) is 1.00. The number of ether oxygens (including phenoxy) is 1. The van der Waals surface area contributed by atoms with Crippen LogP contribution in [0.4, 0.5) is 0 Å². The van der Waals surface area contributed by atoms with Gasteiger partial charge in [0.05, 0.1) is 18.5 Å². The van der Waals surface area contributed by atoms with Gasteiger partial charge in [-0.15, -0.1) is 0 Å². The van der Waals surface area contributed by atoms with Crippen molar-refractivity contribution >= 4 is 10.0 Å². The van der Waals surface area contributed by atoms with Crippen molar-refractivity contribution in [2.75, 3.05) is 39.5 Å². The number of nitrogens with one attached hydrogen (secondary N) is 1. The summed E-state index contributed by atoms with van der Waals surface area (Å²) in [5.74, 6) is 0.0625. The molecular formula is C7H16N2O3S. The van der Waals surface area contributed by atoms with E-state index >= 15 is 0 Å². The van der Waals surface area contributed by atoms with Crippen molar-refractivity contribution in [3.63, 3.8) is 0 Å². The van der Waals surface area contributed by atoms with Crippen LogP contribution >= 0.6 is 0 Å². The number of rotatable bonds is 3. The van der Waals surface area contributed by atoms with Crippen LogP contribution < -0.4 is 5.32 Å². The molecular weight excluding hydrogens is 192 g/mol. The molecule has 1 unspecified atom stereocenters. The first kappa shape index (κ1) is 10.9. The minimum Gasteiger partial charge on any atom is -0.374 e. The smallest absolute Gasteiger partial charge is 0.216 e. The Labute approximate surface area is 79.1 Å². The highest BCUT2D eigenvalue weighted by Crippen LogP contribution is 2.03. The second-order valence-corrected chi connectivity index (χ2v) is 5.49. The molecule has 13 heavy (non-hydrogen) atoms. The summed E-state index contributed by atoms with van der Waals surface area (Å²) in [5.41, 5.74) is 0. The first-order chi connectivity index (χ1) is 6.02. The van der Waals surface area contributed by atoms with E-state index in [-0.39, 0.29) is 11.9 Å². The number of nitrogens with zero attached hydrogens (tertiary/aromatic N) is 1. The van der Waals surface area contributed by atoms with Crippen LogP contribution in [0, 0.1) is 0 Å². The minimum absolute atomic E-state index is 0.0625. The lowest BCUT2D eigenvalue weighted by atomic mass is 10.3. The molecule has 5 nitrogen and oxygen atoms in total. The maximum absolute atomic E-state index is 11.4. The van der Waals surface area contributed by atoms with Gasteiger partial charge in [0, 0.05) is 27.2 Å². The van der Waals surface area contributed by atoms with E-state index in [4.69, 9.17) is 4.74 Å². The van der Waals surface area contributed by atoms with Gasteiger partial charge in [0.25, 0.3) is 0 Å². The number of morpholine rings is 1. The molecule has 1 aliphatic rings. The molecule has 1 aliphatic heterocycles. The van der Waals surface area contributed by atoms with E-state index in [1.54, 1.807) is 0 Å². The highest BCUT2D eigenvalue weighted by molar-refractivity contribution is 7.89. The predicted octanol–water partition coefficient (Wildman–Crippen LogP) is -1.13. The third-order valence-electron chi connectivity index (χ3n) is 1.96. The first-order valence-electron chi connectivity index (χ1n) is 4.25. The molecule has 0 bridgehead atoms. The molecule has 0 aromatic rings. The summed E-state index contributed by atoms with van der Waals surface area (Å²) >= 11 is 0. The molecule has 1 atom stereocenters. The third-order valence-corrected chi connectivity index (χ3v) is 3.86. The molecule has 1 saturated heterocycles. The van der Waals surface area contributed by atoms with Crippen molar-refractivity contribution in [3.05, 3.63) is 0 Å². The van der Waals surface area contributed by atoms with Crippen LogP contribution in [0.3, 0.4) is 0 Å². The predicted molar refractivity (Wildman–Crippen MR) is 50.1 cm³/mol. The first-order valence-corrected chi connectivity index (χ1v) is 5.86. The van der Waals surface area contributed by atoms with Crippen molar-refractivity contribution in [2.45, 2.75) is 6.10 Å². The van der Waals surface area contributed by atoms with Crippen molar-refractivity contribution in [1.29, 1.82) is 0 Å². The van der Waals surface area contributed by atoms with Gasteiger partial charge in [0.2, 0.25) is 10.0 Å². The summed E-state index contributed by atoms with van der Waals surface area (Å²) in [4.78, 5) is 0. The van der Waals surface area contributed by atoms with E-state index in [1.165, 1.54) is 18.4 Å². The Morgan fingerprint density at radius 1 is 1.54 bits per heavy atom. The standard InChI is InChI=1S/C7H16N2O3S/c1-9(2)13(10,11)6-7-5-8-3-4-12-7/h7-8H,3-6H2,1-2H3. The van der Waals surface area contributed by atoms with E-state index in [0.29, 0.717) is 13.2 Å². The lowest BCUT2D eigenvalue weighted by molar-refractivity contribution is 0.0425. The summed E-state index contributed by atoms with van der Waals surface area (Å²) in [6, 6.07) is 0. The molecule has 0 aliphatic carbocycles. The van der Waals surface area contributed by atoms with E-state index in [0.717, 1.165) is 6.54 Å². The molecule has 6 heteroatoms. The molecule has 1 rings (SSSR count). The maximum Gasteiger partial charge on any atom is 0.216 e. The highest BCUT2D eigenvalue weighted by Gasteiger charge is 2.23. The van der Waals surface area contributed by atoms with Crippen LogP contribution in [0.5, 0.6) is 0 Å². The van der Waals surface area contributed by atoms with Crippen LogP contribution in [-0.2, 0) is 14.8 Å². The summed E-state index contributed by atoms with van der Waals surface area (Å²) in [5, 5.41) is 3.09. The largest absolute Gasteiger partial charge is 0.374 e. The normalized spacial score (nSPS) is 25.0. The molecule has 1 fully saturated rings. The summed E-state index contributed by atoms with van der Waals surface area (Å²) < 4.78 is 29.4. The van der Waals surface area contributed by atoms with E-state index in [9.17, 15) is 8.42 Å². The fourth-order valence-electron chi connectivity index (χ4n) is 1.11. The Bertz CT molecular complexity index is 244. The Kier molecular flexibility index (Phi) is 3.66. The molecule has 1 N–H and O–H groups in total. The molecule has 0 saturated carbocycles. The summed E-state index contributed by atoms with van der Waals surface area (Å²) in [6.45, 7) is 2.01. The maximum atomic E-state index is 11.4. The second-order valence-electron chi connectivity index (χ2n) is 3.26. The zero-order valence-corrected chi connectivity index (χ0v) is 8.80. The van der Waals surface area contributed by atoms with E-state index in [2.05, 4.69) is 5.32 Å². The molecule has 0 aromatic carbocycles. The molecule has 0 amide bonds. The number of sulfonamides is 1. The van der Waals surface area contributed by atoms with Gasteiger partial charge in [-0.2, -0.15) is 0 Å². The second kappa shape index (κ2) is 4.36. The molecule has 0 aromatic heterocycles. The van der Waals surface area contributed by atoms with Crippen LogP contribution in [0.1, 0.15) is 0 Å². The van der Waals surface area contributed by atoms with Gasteiger partial charge in [-0.25, -0.2) is 12.7 Å². The van der Waals surface area contributed by atoms with Crippen LogP contribution in [0.15, 0.2) is 0 Å². The average Bonchev–Trinajstić information content (AvgIpc) is 2.05. The lowest BCUT2D eigenvalue weighted by Gasteiger charge is -2.24. The Morgan fingerprint density at radius 2 is 2.23 bits per heavy atom. The molecule has 78 valence electrons. The minimum atomic E-state index is -3.13. The summed E-state index contributed by atoms with van der Waals surface area (Å²) in [7, 11) is -0.0628. The Hall–Kier alpha value is -0.170. The van der Waals surface area contributed by atoms with Crippen molar-refractivity contribution in [2.24, 2.45) is 0 Å². The lowest BCUT2D eigenvalue weighted by Crippen LogP contribution is -2.44. The van der Waals surface area contributed by atoms with Gasteiger partial charge >= 0.3 is 0 Å². The van der Waals surface area contributed by atoms with Crippen molar-refractivity contribution in [3.8, 4) is 0 Å². The quantitative estimate of drug-likeness (QED) is 0.637. The summed E-state index contributed by atoms with van der Waals surface area (Å²) in [6.07, 6.45) is -0.207. The van der Waals surface area contributed by atoms with Gasteiger partial charge in [-0.3, -0.25) is 0 Å². The SMILES string of the molecule is CN(C)S(=O)(=O)CC1CNCCO1. The molecule has 0 spiro atoms.